The van der Waals surface area contributed by atoms with Crippen LogP contribution < -0.4 is 0 Å². The molecule has 2 rings (SSSR count). The third kappa shape index (κ3) is 2.66. The van der Waals surface area contributed by atoms with Crippen LogP contribution in [0.3, 0.4) is 0 Å². The highest BCUT2D eigenvalue weighted by Crippen LogP contribution is 2.18. The number of aliphatic hydroxyl groups excluding tert-OH is 1. The highest BCUT2D eigenvalue weighted by atomic mass is 16.3. The molecule has 2 aromatic rings. The molecule has 0 saturated heterocycles. The summed E-state index contributed by atoms with van der Waals surface area (Å²) in [6.45, 7) is 1.92. The zero-order valence-corrected chi connectivity index (χ0v) is 10.3. The van der Waals surface area contributed by atoms with Gasteiger partial charge in [0.25, 0.3) is 0 Å². The molecule has 0 spiro atoms. The molecule has 2 aromatic carbocycles. The lowest BCUT2D eigenvalue weighted by Gasteiger charge is -2.08. The number of carbonyl (C=O) groups is 1. The Morgan fingerprint density at radius 2 is 1.56 bits per heavy atom. The van der Waals surface area contributed by atoms with Gasteiger partial charge in [-0.15, -0.1) is 0 Å². The first-order valence-electron chi connectivity index (χ1n) is 6.10. The van der Waals surface area contributed by atoms with Gasteiger partial charge in [0.05, 0.1) is 6.10 Å². The second kappa shape index (κ2) is 5.61. The number of benzene rings is 2. The Kier molecular flexibility index (Phi) is 3.90. The summed E-state index contributed by atoms with van der Waals surface area (Å²) in [7, 11) is 0. The molecule has 0 saturated carbocycles. The van der Waals surface area contributed by atoms with Gasteiger partial charge < -0.3 is 5.11 Å². The fourth-order valence-corrected chi connectivity index (χ4v) is 1.85. The highest BCUT2D eigenvalue weighted by molar-refractivity contribution is 6.08. The zero-order chi connectivity index (χ0) is 13.0. The fourth-order valence-electron chi connectivity index (χ4n) is 1.85. The molecule has 0 aliphatic heterocycles. The summed E-state index contributed by atoms with van der Waals surface area (Å²) in [5.74, 6) is 0.00754. The zero-order valence-electron chi connectivity index (χ0n) is 10.3. The maximum absolute atomic E-state index is 12.1. The fraction of sp³-hybridized carbons (Fsp3) is 0.188. The van der Waals surface area contributed by atoms with E-state index >= 15 is 0 Å². The van der Waals surface area contributed by atoms with Crippen LogP contribution >= 0.6 is 0 Å². The summed E-state index contributed by atoms with van der Waals surface area (Å²) >= 11 is 0. The molecule has 18 heavy (non-hydrogen) atoms. The van der Waals surface area contributed by atoms with Crippen molar-refractivity contribution < 1.29 is 9.90 Å². The molecule has 0 bridgehead atoms. The lowest BCUT2D eigenvalue weighted by molar-refractivity contribution is 0.103. The third-order valence-electron chi connectivity index (χ3n) is 2.98. The predicted molar refractivity (Wildman–Crippen MR) is 71.6 cm³/mol. The van der Waals surface area contributed by atoms with E-state index in [4.69, 9.17) is 0 Å². The third-order valence-corrected chi connectivity index (χ3v) is 2.98. The van der Waals surface area contributed by atoms with Crippen molar-refractivity contribution >= 4 is 5.78 Å². The van der Waals surface area contributed by atoms with Crippen LogP contribution in [-0.2, 0) is 0 Å². The first-order valence-corrected chi connectivity index (χ1v) is 6.10. The lowest BCUT2D eigenvalue weighted by Crippen LogP contribution is -2.02. The van der Waals surface area contributed by atoms with Crippen molar-refractivity contribution in [2.24, 2.45) is 0 Å². The standard InChI is InChI=1S/C16H16O2/c1-2-15(17)12-8-10-14(11-9-12)16(18)13-6-4-3-5-7-13/h3-11,15,17H,2H2,1H3. The largest absolute Gasteiger partial charge is 0.388 e. The average Bonchev–Trinajstić information content (AvgIpc) is 2.47. The van der Waals surface area contributed by atoms with Crippen molar-refractivity contribution in [1.29, 1.82) is 0 Å². The maximum atomic E-state index is 12.1. The van der Waals surface area contributed by atoms with Crippen molar-refractivity contribution in [2.75, 3.05) is 0 Å². The molecule has 1 N–H and O–H groups in total. The van der Waals surface area contributed by atoms with E-state index in [0.29, 0.717) is 17.5 Å². The minimum absolute atomic E-state index is 0.00754. The number of ketones is 1. The molecular formula is C16H16O2. The molecular weight excluding hydrogens is 224 g/mol. The molecule has 2 nitrogen and oxygen atoms in total. The van der Waals surface area contributed by atoms with Crippen molar-refractivity contribution in [3.63, 3.8) is 0 Å². The Balaban J connectivity index is 2.22. The Morgan fingerprint density at radius 1 is 1.00 bits per heavy atom. The van der Waals surface area contributed by atoms with Crippen LogP contribution in [0.25, 0.3) is 0 Å². The second-order valence-corrected chi connectivity index (χ2v) is 4.24. The minimum Gasteiger partial charge on any atom is -0.388 e. The molecule has 1 atom stereocenters. The summed E-state index contributed by atoms with van der Waals surface area (Å²) in [5, 5.41) is 9.69. The summed E-state index contributed by atoms with van der Waals surface area (Å²) in [6.07, 6.45) is 0.220. The van der Waals surface area contributed by atoms with Crippen LogP contribution in [-0.4, -0.2) is 10.9 Å². The predicted octanol–water partition coefficient (Wildman–Crippen LogP) is 3.36. The maximum Gasteiger partial charge on any atom is 0.193 e. The smallest absolute Gasteiger partial charge is 0.193 e. The Morgan fingerprint density at radius 3 is 2.11 bits per heavy atom. The van der Waals surface area contributed by atoms with Crippen molar-refractivity contribution in [2.45, 2.75) is 19.4 Å². The number of hydrogen-bond donors (Lipinski definition) is 1. The average molecular weight is 240 g/mol. The summed E-state index contributed by atoms with van der Waals surface area (Å²) in [5.41, 5.74) is 2.18. The monoisotopic (exact) mass is 240 g/mol. The van der Waals surface area contributed by atoms with Gasteiger partial charge in [0.2, 0.25) is 0 Å². The van der Waals surface area contributed by atoms with Gasteiger partial charge in [0.1, 0.15) is 0 Å². The van der Waals surface area contributed by atoms with Crippen LogP contribution in [0.4, 0.5) is 0 Å². The van der Waals surface area contributed by atoms with Gasteiger partial charge in [-0.25, -0.2) is 0 Å². The molecule has 1 unspecified atom stereocenters. The highest BCUT2D eigenvalue weighted by Gasteiger charge is 2.09. The van der Waals surface area contributed by atoms with Gasteiger partial charge in [0.15, 0.2) is 5.78 Å². The van der Waals surface area contributed by atoms with Crippen molar-refractivity contribution in [1.82, 2.24) is 0 Å². The van der Waals surface area contributed by atoms with E-state index in [2.05, 4.69) is 0 Å². The van der Waals surface area contributed by atoms with E-state index in [0.717, 1.165) is 5.56 Å². The van der Waals surface area contributed by atoms with Gasteiger partial charge in [-0.3, -0.25) is 4.79 Å². The molecule has 2 heteroatoms. The summed E-state index contributed by atoms with van der Waals surface area (Å²) in [6, 6.07) is 16.3. The first-order chi connectivity index (χ1) is 8.72. The van der Waals surface area contributed by atoms with E-state index < -0.39 is 6.10 Å². The molecule has 0 radical (unpaired) electrons. The Hall–Kier alpha value is -1.93. The van der Waals surface area contributed by atoms with Gasteiger partial charge in [0, 0.05) is 11.1 Å². The molecule has 92 valence electrons. The van der Waals surface area contributed by atoms with Crippen LogP contribution in [0, 0.1) is 0 Å². The number of carbonyl (C=O) groups excluding carboxylic acids is 1. The molecule has 0 fully saturated rings. The number of rotatable bonds is 4. The minimum atomic E-state index is -0.453. The quantitative estimate of drug-likeness (QED) is 0.832. The molecule has 0 heterocycles. The van der Waals surface area contributed by atoms with E-state index in [1.165, 1.54) is 0 Å². The van der Waals surface area contributed by atoms with Gasteiger partial charge in [-0.1, -0.05) is 61.5 Å². The van der Waals surface area contributed by atoms with Crippen molar-refractivity contribution in [3.05, 3.63) is 71.3 Å². The van der Waals surface area contributed by atoms with E-state index in [9.17, 15) is 9.90 Å². The Labute approximate surface area is 107 Å². The van der Waals surface area contributed by atoms with Crippen LogP contribution in [0.15, 0.2) is 54.6 Å². The Bertz CT molecular complexity index is 515. The van der Waals surface area contributed by atoms with E-state index in [1.807, 2.05) is 37.3 Å². The molecule has 0 amide bonds. The normalized spacial score (nSPS) is 12.1. The molecule has 0 aliphatic carbocycles. The SMILES string of the molecule is CCC(O)c1ccc(C(=O)c2ccccc2)cc1. The van der Waals surface area contributed by atoms with E-state index in [1.54, 1.807) is 24.3 Å². The van der Waals surface area contributed by atoms with Gasteiger partial charge in [-0.2, -0.15) is 0 Å². The van der Waals surface area contributed by atoms with Gasteiger partial charge in [-0.05, 0) is 12.0 Å². The molecule has 0 aliphatic rings. The summed E-state index contributed by atoms with van der Waals surface area (Å²) in [4.78, 5) is 12.1. The molecule has 0 aromatic heterocycles. The topological polar surface area (TPSA) is 37.3 Å². The van der Waals surface area contributed by atoms with E-state index in [-0.39, 0.29) is 5.78 Å². The number of aliphatic hydroxyl groups is 1. The summed E-state index contributed by atoms with van der Waals surface area (Å²) < 4.78 is 0. The van der Waals surface area contributed by atoms with Crippen molar-refractivity contribution in [3.8, 4) is 0 Å². The van der Waals surface area contributed by atoms with Crippen LogP contribution in [0.1, 0.15) is 40.9 Å². The number of hydrogen-bond acceptors (Lipinski definition) is 2. The first kappa shape index (κ1) is 12.5. The van der Waals surface area contributed by atoms with Gasteiger partial charge >= 0.3 is 0 Å². The van der Waals surface area contributed by atoms with Crippen LogP contribution in [0.2, 0.25) is 0 Å². The second-order valence-electron chi connectivity index (χ2n) is 4.24. The van der Waals surface area contributed by atoms with Crippen LogP contribution in [0.5, 0.6) is 0 Å². The lowest BCUT2D eigenvalue weighted by atomic mass is 10.00.